The number of hydrogen-bond donors (Lipinski definition) is 2. The van der Waals surface area contributed by atoms with Gasteiger partial charge in [-0.1, -0.05) is 6.07 Å². The summed E-state index contributed by atoms with van der Waals surface area (Å²) in [6.45, 7) is 4.04. The molecule has 0 bridgehead atoms. The van der Waals surface area contributed by atoms with Crippen molar-refractivity contribution in [1.82, 2.24) is 15.0 Å². The van der Waals surface area contributed by atoms with Crippen LogP contribution in [0.2, 0.25) is 0 Å². The highest BCUT2D eigenvalue weighted by atomic mass is 32.2. The topological polar surface area (TPSA) is 70.7 Å². The second-order valence-electron chi connectivity index (χ2n) is 6.27. The average molecular weight is 362 g/mol. The van der Waals surface area contributed by atoms with Crippen LogP contribution in [-0.4, -0.2) is 27.1 Å². The maximum atomic E-state index is 12.5. The number of amides is 1. The summed E-state index contributed by atoms with van der Waals surface area (Å²) in [4.78, 5) is 24.6. The molecule has 2 N–H and O–H groups in total. The number of anilines is 1. The Hall–Kier alpha value is -2.86. The molecule has 26 heavy (non-hydrogen) atoms. The van der Waals surface area contributed by atoms with Gasteiger partial charge in [-0.15, -0.1) is 11.8 Å². The van der Waals surface area contributed by atoms with Crippen molar-refractivity contribution in [2.24, 2.45) is 0 Å². The SMILES string of the molecule is CSc1cnc(-c2ccc3c(c2)/C(=C/c2[nH]c(C)cc2C)C(=O)N3)cn1. The van der Waals surface area contributed by atoms with Crippen LogP contribution in [0.25, 0.3) is 22.9 Å². The Morgan fingerprint density at radius 3 is 2.62 bits per heavy atom. The highest BCUT2D eigenvalue weighted by Gasteiger charge is 2.25. The van der Waals surface area contributed by atoms with Crippen molar-refractivity contribution >= 4 is 35.0 Å². The molecule has 0 saturated heterocycles. The van der Waals surface area contributed by atoms with Crippen LogP contribution in [0.1, 0.15) is 22.5 Å². The van der Waals surface area contributed by atoms with Crippen LogP contribution in [0, 0.1) is 13.8 Å². The molecule has 0 radical (unpaired) electrons. The van der Waals surface area contributed by atoms with E-state index < -0.39 is 0 Å². The molecule has 0 atom stereocenters. The summed E-state index contributed by atoms with van der Waals surface area (Å²) in [6, 6.07) is 7.93. The predicted octanol–water partition coefficient (Wildman–Crippen LogP) is 4.30. The third kappa shape index (κ3) is 2.93. The molecule has 5 nitrogen and oxygen atoms in total. The molecule has 6 heteroatoms. The van der Waals surface area contributed by atoms with Crippen molar-refractivity contribution in [1.29, 1.82) is 0 Å². The van der Waals surface area contributed by atoms with E-state index in [0.717, 1.165) is 44.5 Å². The van der Waals surface area contributed by atoms with Gasteiger partial charge >= 0.3 is 0 Å². The molecule has 0 unspecified atom stereocenters. The van der Waals surface area contributed by atoms with Gasteiger partial charge in [0.1, 0.15) is 5.03 Å². The van der Waals surface area contributed by atoms with Gasteiger partial charge < -0.3 is 10.3 Å². The van der Waals surface area contributed by atoms with Gasteiger partial charge in [0, 0.05) is 28.2 Å². The molecule has 3 heterocycles. The molecule has 130 valence electrons. The molecule has 0 fully saturated rings. The van der Waals surface area contributed by atoms with Crippen molar-refractivity contribution < 1.29 is 4.79 Å². The van der Waals surface area contributed by atoms with Gasteiger partial charge in [-0.25, -0.2) is 4.98 Å². The number of aromatic nitrogens is 3. The fourth-order valence-corrected chi connectivity index (χ4v) is 3.42. The minimum Gasteiger partial charge on any atom is -0.359 e. The smallest absolute Gasteiger partial charge is 0.256 e. The molecule has 1 amide bonds. The lowest BCUT2D eigenvalue weighted by atomic mass is 10.0. The van der Waals surface area contributed by atoms with Crippen LogP contribution in [0.5, 0.6) is 0 Å². The summed E-state index contributed by atoms with van der Waals surface area (Å²) in [5.74, 6) is -0.0902. The molecule has 3 aromatic rings. The van der Waals surface area contributed by atoms with Crippen molar-refractivity contribution in [2.75, 3.05) is 11.6 Å². The van der Waals surface area contributed by atoms with Crippen molar-refractivity contribution in [3.05, 3.63) is 59.2 Å². The van der Waals surface area contributed by atoms with Crippen molar-refractivity contribution in [2.45, 2.75) is 18.9 Å². The highest BCUT2D eigenvalue weighted by Crippen LogP contribution is 2.36. The summed E-state index contributed by atoms with van der Waals surface area (Å²) >= 11 is 1.56. The number of nitrogens with one attached hydrogen (secondary N) is 2. The van der Waals surface area contributed by atoms with Crippen LogP contribution in [0.15, 0.2) is 41.7 Å². The molecular formula is C20H18N4OS. The Labute approximate surface area is 156 Å². The molecule has 4 rings (SSSR count). The lowest BCUT2D eigenvalue weighted by molar-refractivity contribution is -0.110. The average Bonchev–Trinajstić information content (AvgIpc) is 3.13. The monoisotopic (exact) mass is 362 g/mol. The number of H-pyrrole nitrogens is 1. The Balaban J connectivity index is 1.77. The third-order valence-corrected chi connectivity index (χ3v) is 5.04. The third-order valence-electron chi connectivity index (χ3n) is 4.41. The second kappa shape index (κ2) is 6.46. The molecule has 0 spiro atoms. The Bertz CT molecular complexity index is 1030. The predicted molar refractivity (Wildman–Crippen MR) is 106 cm³/mol. The van der Waals surface area contributed by atoms with E-state index in [1.807, 2.05) is 44.4 Å². The van der Waals surface area contributed by atoms with E-state index in [9.17, 15) is 4.79 Å². The largest absolute Gasteiger partial charge is 0.359 e. The van der Waals surface area contributed by atoms with Gasteiger partial charge in [-0.2, -0.15) is 0 Å². The number of nitrogens with zero attached hydrogens (tertiary/aromatic N) is 2. The zero-order chi connectivity index (χ0) is 18.3. The van der Waals surface area contributed by atoms with E-state index in [-0.39, 0.29) is 5.91 Å². The minimum absolute atomic E-state index is 0.0902. The van der Waals surface area contributed by atoms with Crippen LogP contribution in [-0.2, 0) is 4.79 Å². The number of thioether (sulfide) groups is 1. The van der Waals surface area contributed by atoms with Crippen LogP contribution in [0.4, 0.5) is 5.69 Å². The van der Waals surface area contributed by atoms with Gasteiger partial charge in [0.2, 0.25) is 0 Å². The summed E-state index contributed by atoms with van der Waals surface area (Å²) in [5.41, 5.74) is 7.23. The molecule has 2 aromatic heterocycles. The summed E-state index contributed by atoms with van der Waals surface area (Å²) < 4.78 is 0. The molecule has 0 aliphatic carbocycles. The maximum Gasteiger partial charge on any atom is 0.256 e. The molecule has 0 saturated carbocycles. The summed E-state index contributed by atoms with van der Waals surface area (Å²) in [6.07, 6.45) is 7.41. The lowest BCUT2D eigenvalue weighted by Crippen LogP contribution is -2.03. The van der Waals surface area contributed by atoms with Crippen LogP contribution in [0.3, 0.4) is 0 Å². The summed E-state index contributed by atoms with van der Waals surface area (Å²) in [5, 5.41) is 3.81. The first-order valence-corrected chi connectivity index (χ1v) is 9.47. The second-order valence-corrected chi connectivity index (χ2v) is 7.09. The van der Waals surface area contributed by atoms with Gasteiger partial charge in [0.25, 0.3) is 5.91 Å². The molecule has 1 aliphatic rings. The van der Waals surface area contributed by atoms with Gasteiger partial charge in [-0.05, 0) is 49.9 Å². The Kier molecular flexibility index (Phi) is 4.12. The van der Waals surface area contributed by atoms with Crippen LogP contribution >= 0.6 is 11.8 Å². The minimum atomic E-state index is -0.0902. The number of rotatable bonds is 3. The fraction of sp³-hybridized carbons (Fsp3) is 0.150. The normalized spacial score (nSPS) is 14.6. The molecule has 1 aromatic carbocycles. The number of hydrogen-bond acceptors (Lipinski definition) is 4. The Morgan fingerprint density at radius 1 is 1.12 bits per heavy atom. The number of carbonyl (C=O) groups is 1. The number of benzene rings is 1. The lowest BCUT2D eigenvalue weighted by Gasteiger charge is -2.05. The first kappa shape index (κ1) is 16.6. The van der Waals surface area contributed by atoms with Crippen molar-refractivity contribution in [3.63, 3.8) is 0 Å². The number of aryl methyl sites for hydroxylation is 2. The van der Waals surface area contributed by atoms with E-state index in [1.54, 1.807) is 24.2 Å². The summed E-state index contributed by atoms with van der Waals surface area (Å²) in [7, 11) is 0. The first-order valence-electron chi connectivity index (χ1n) is 8.25. The van der Waals surface area contributed by atoms with Gasteiger partial charge in [-0.3, -0.25) is 9.78 Å². The standard InChI is InChI=1S/C20H18N4OS/c1-11-6-12(2)23-17(11)8-15-14-7-13(4-5-16(14)24-20(15)25)18-9-22-19(26-3)10-21-18/h4-10,23H,1-3H3,(H,24,25)/b15-8-. The maximum absolute atomic E-state index is 12.5. The molecule has 1 aliphatic heterocycles. The molecular weight excluding hydrogens is 344 g/mol. The van der Waals surface area contributed by atoms with E-state index in [2.05, 4.69) is 26.3 Å². The number of fused-ring (bicyclic) bond motifs is 1. The van der Waals surface area contributed by atoms with E-state index in [4.69, 9.17) is 0 Å². The zero-order valence-electron chi connectivity index (χ0n) is 14.8. The fourth-order valence-electron chi connectivity index (χ4n) is 3.11. The van der Waals surface area contributed by atoms with Crippen molar-refractivity contribution in [3.8, 4) is 11.3 Å². The van der Waals surface area contributed by atoms with Gasteiger partial charge in [0.15, 0.2) is 0 Å². The highest BCUT2D eigenvalue weighted by molar-refractivity contribution is 7.98. The number of carbonyl (C=O) groups excluding carboxylic acids is 1. The first-order chi connectivity index (χ1) is 12.5. The van der Waals surface area contributed by atoms with E-state index in [1.165, 1.54) is 0 Å². The van der Waals surface area contributed by atoms with Crippen LogP contribution < -0.4 is 5.32 Å². The quantitative estimate of drug-likeness (QED) is 0.538. The van der Waals surface area contributed by atoms with E-state index in [0.29, 0.717) is 5.57 Å². The van der Waals surface area contributed by atoms with Gasteiger partial charge in [0.05, 0.1) is 23.7 Å². The van der Waals surface area contributed by atoms with E-state index >= 15 is 0 Å². The Morgan fingerprint density at radius 2 is 1.96 bits per heavy atom. The number of aromatic amines is 1. The zero-order valence-corrected chi connectivity index (χ0v) is 15.6.